The average molecular weight is 397 g/mol. The minimum absolute atomic E-state index is 0.0434. The lowest BCUT2D eigenvalue weighted by atomic mass is 9.96. The molecule has 0 atom stereocenters. The van der Waals surface area contributed by atoms with E-state index in [9.17, 15) is 18.5 Å². The molecule has 0 fully saturated rings. The van der Waals surface area contributed by atoms with E-state index in [1.54, 1.807) is 24.5 Å². The molecule has 1 amide bonds. The number of nitriles is 1. The highest BCUT2D eigenvalue weighted by molar-refractivity contribution is 8.00. The van der Waals surface area contributed by atoms with E-state index in [2.05, 4.69) is 11.1 Å². The number of rotatable bonds is 5. The van der Waals surface area contributed by atoms with Gasteiger partial charge in [-0.3, -0.25) is 14.5 Å². The fourth-order valence-corrected chi connectivity index (χ4v) is 4.13. The molecule has 0 aliphatic carbocycles. The molecule has 2 aromatic carbocycles. The number of thioether (sulfide) groups is 1. The molecule has 0 radical (unpaired) electrons. The lowest BCUT2D eigenvalue weighted by Gasteiger charge is -2.12. The number of fused-ring (bicyclic) bond motifs is 1. The minimum Gasteiger partial charge on any atom is -0.273 e. The van der Waals surface area contributed by atoms with Crippen LogP contribution in [0.15, 0.2) is 59.8 Å². The molecule has 27 heavy (non-hydrogen) atoms. The summed E-state index contributed by atoms with van der Waals surface area (Å²) in [6.45, 7) is 0. The molecule has 0 bridgehead atoms. The summed E-state index contributed by atoms with van der Waals surface area (Å²) in [6, 6.07) is 15.2. The first kappa shape index (κ1) is 18.9. The third kappa shape index (κ3) is 4.45. The number of pyridine rings is 1. The molecule has 136 valence electrons. The van der Waals surface area contributed by atoms with Crippen LogP contribution < -0.4 is 4.72 Å². The third-order valence-electron chi connectivity index (χ3n) is 3.77. The largest absolute Gasteiger partial charge is 0.273 e. The molecule has 1 N–H and O–H groups in total. The van der Waals surface area contributed by atoms with Crippen LogP contribution >= 0.6 is 11.8 Å². The first-order valence-electron chi connectivity index (χ1n) is 7.88. The molecule has 0 saturated carbocycles. The maximum Gasteiger partial charge on any atom is 0.243 e. The van der Waals surface area contributed by atoms with Gasteiger partial charge in [-0.2, -0.15) is 5.26 Å². The Balaban J connectivity index is 1.99. The zero-order chi connectivity index (χ0) is 19.4. The van der Waals surface area contributed by atoms with Crippen molar-refractivity contribution in [3.8, 4) is 17.2 Å². The van der Waals surface area contributed by atoms with Gasteiger partial charge in [0, 0.05) is 28.2 Å². The summed E-state index contributed by atoms with van der Waals surface area (Å²) < 4.78 is 24.3. The first-order valence-corrected chi connectivity index (χ1v) is 10.8. The smallest absolute Gasteiger partial charge is 0.243 e. The van der Waals surface area contributed by atoms with Crippen molar-refractivity contribution in [1.29, 1.82) is 5.26 Å². The van der Waals surface area contributed by atoms with Gasteiger partial charge in [0.15, 0.2) is 0 Å². The molecule has 0 aliphatic heterocycles. The molecule has 0 aliphatic rings. The molecule has 1 heterocycles. The quantitative estimate of drug-likeness (QED) is 0.665. The summed E-state index contributed by atoms with van der Waals surface area (Å²) in [5.41, 5.74) is 2.29. The van der Waals surface area contributed by atoms with Crippen LogP contribution in [0.3, 0.4) is 0 Å². The van der Waals surface area contributed by atoms with Gasteiger partial charge in [0.25, 0.3) is 0 Å². The monoisotopic (exact) mass is 397 g/mol. The number of nitrogens with one attached hydrogen (secondary N) is 1. The molecule has 0 unspecified atom stereocenters. The molecule has 1 aromatic heterocycles. The van der Waals surface area contributed by atoms with E-state index in [1.807, 2.05) is 35.1 Å². The molecular weight excluding hydrogens is 382 g/mol. The summed E-state index contributed by atoms with van der Waals surface area (Å²) in [4.78, 5) is 16.8. The van der Waals surface area contributed by atoms with Crippen LogP contribution in [-0.2, 0) is 14.8 Å². The van der Waals surface area contributed by atoms with E-state index >= 15 is 0 Å². The second-order valence-corrected chi connectivity index (χ2v) is 8.54. The highest BCUT2D eigenvalue weighted by atomic mass is 32.2. The van der Waals surface area contributed by atoms with Crippen molar-refractivity contribution in [3.05, 3.63) is 60.4 Å². The molecule has 0 spiro atoms. The summed E-state index contributed by atoms with van der Waals surface area (Å²) in [7, 11) is -3.58. The van der Waals surface area contributed by atoms with Crippen LogP contribution in [0.1, 0.15) is 5.56 Å². The van der Waals surface area contributed by atoms with Gasteiger partial charge in [0.2, 0.25) is 15.9 Å². The van der Waals surface area contributed by atoms with Gasteiger partial charge >= 0.3 is 0 Å². The lowest BCUT2D eigenvalue weighted by molar-refractivity contribution is -0.116. The molecule has 0 saturated heterocycles. The van der Waals surface area contributed by atoms with Crippen LogP contribution in [0.25, 0.3) is 21.9 Å². The zero-order valence-corrected chi connectivity index (χ0v) is 16.0. The third-order valence-corrected chi connectivity index (χ3v) is 5.45. The van der Waals surface area contributed by atoms with Crippen LogP contribution in [0.2, 0.25) is 0 Å². The zero-order valence-electron chi connectivity index (χ0n) is 14.3. The number of aromatic nitrogens is 1. The van der Waals surface area contributed by atoms with Crippen molar-refractivity contribution >= 4 is 38.5 Å². The molecule has 3 rings (SSSR count). The van der Waals surface area contributed by atoms with Gasteiger partial charge in [0.05, 0.1) is 23.6 Å². The number of carbonyl (C=O) groups is 1. The number of amides is 1. The van der Waals surface area contributed by atoms with Crippen LogP contribution in [0.5, 0.6) is 0 Å². The fraction of sp³-hybridized carbons (Fsp3) is 0.105. The van der Waals surface area contributed by atoms with Gasteiger partial charge in [-0.05, 0) is 23.1 Å². The lowest BCUT2D eigenvalue weighted by Crippen LogP contribution is -2.30. The van der Waals surface area contributed by atoms with Crippen molar-refractivity contribution in [2.45, 2.75) is 4.90 Å². The minimum atomic E-state index is -3.58. The highest BCUT2D eigenvalue weighted by Gasteiger charge is 2.14. The van der Waals surface area contributed by atoms with Gasteiger partial charge in [-0.25, -0.2) is 8.42 Å². The molecule has 3 aromatic rings. The SMILES string of the molecule is CS(=O)(=O)NC(=O)CSc1ccncc1-c1ccc(C#N)c2ccccc12. The second kappa shape index (κ2) is 7.78. The van der Waals surface area contributed by atoms with Crippen molar-refractivity contribution in [3.63, 3.8) is 0 Å². The second-order valence-electron chi connectivity index (χ2n) is 5.78. The van der Waals surface area contributed by atoms with E-state index in [4.69, 9.17) is 0 Å². The number of hydrogen-bond acceptors (Lipinski definition) is 6. The summed E-state index contributed by atoms with van der Waals surface area (Å²) in [6.07, 6.45) is 4.26. The maximum atomic E-state index is 11.8. The Morgan fingerprint density at radius 1 is 1.15 bits per heavy atom. The Morgan fingerprint density at radius 3 is 2.59 bits per heavy atom. The highest BCUT2D eigenvalue weighted by Crippen LogP contribution is 2.36. The predicted octanol–water partition coefficient (Wildman–Crippen LogP) is 2.94. The van der Waals surface area contributed by atoms with Gasteiger partial charge in [-0.1, -0.05) is 30.3 Å². The van der Waals surface area contributed by atoms with Crippen molar-refractivity contribution in [2.75, 3.05) is 12.0 Å². The Kier molecular flexibility index (Phi) is 5.44. The van der Waals surface area contributed by atoms with Crippen molar-refractivity contribution in [1.82, 2.24) is 9.71 Å². The van der Waals surface area contributed by atoms with Crippen molar-refractivity contribution < 1.29 is 13.2 Å². The van der Waals surface area contributed by atoms with Gasteiger partial charge < -0.3 is 0 Å². The maximum absolute atomic E-state index is 11.8. The Morgan fingerprint density at radius 2 is 1.89 bits per heavy atom. The summed E-state index contributed by atoms with van der Waals surface area (Å²) in [5.74, 6) is -0.631. The first-order chi connectivity index (χ1) is 12.9. The topological polar surface area (TPSA) is 99.9 Å². The van der Waals surface area contributed by atoms with Gasteiger partial charge in [0.1, 0.15) is 0 Å². The summed E-state index contributed by atoms with van der Waals surface area (Å²) in [5, 5.41) is 11.1. The van der Waals surface area contributed by atoms with Crippen LogP contribution in [0, 0.1) is 11.3 Å². The number of benzene rings is 2. The molecule has 8 heteroatoms. The van der Waals surface area contributed by atoms with Crippen LogP contribution in [0.4, 0.5) is 0 Å². The summed E-state index contributed by atoms with van der Waals surface area (Å²) >= 11 is 1.23. The number of carbonyl (C=O) groups excluding carboxylic acids is 1. The van der Waals surface area contributed by atoms with E-state index in [0.29, 0.717) is 5.56 Å². The normalized spacial score (nSPS) is 11.1. The average Bonchev–Trinajstić information content (AvgIpc) is 2.64. The fourth-order valence-electron chi connectivity index (χ4n) is 2.72. The Bertz CT molecular complexity index is 1170. The van der Waals surface area contributed by atoms with E-state index in [1.165, 1.54) is 11.8 Å². The Labute approximate surface area is 161 Å². The number of hydrogen-bond donors (Lipinski definition) is 1. The standard InChI is InChI=1S/C19H15N3O3S2/c1-27(24,25)22-19(23)12-26-18-8-9-21-11-17(18)16-7-6-13(10-20)14-4-2-3-5-15(14)16/h2-9,11H,12H2,1H3,(H,22,23). The van der Waals surface area contributed by atoms with E-state index in [0.717, 1.165) is 33.1 Å². The number of nitrogens with zero attached hydrogens (tertiary/aromatic N) is 2. The molecule has 6 nitrogen and oxygen atoms in total. The van der Waals surface area contributed by atoms with Gasteiger partial charge in [-0.15, -0.1) is 11.8 Å². The predicted molar refractivity (Wildman–Crippen MR) is 106 cm³/mol. The van der Waals surface area contributed by atoms with Crippen LogP contribution in [-0.4, -0.2) is 31.3 Å². The molecular formula is C19H15N3O3S2. The Hall–Kier alpha value is -2.89. The van der Waals surface area contributed by atoms with Crippen molar-refractivity contribution in [2.24, 2.45) is 0 Å². The van der Waals surface area contributed by atoms with E-state index < -0.39 is 15.9 Å². The van der Waals surface area contributed by atoms with E-state index in [-0.39, 0.29) is 5.75 Å². The number of sulfonamides is 1.